The van der Waals surface area contributed by atoms with Crippen LogP contribution in [-0.2, 0) is 13.2 Å². The van der Waals surface area contributed by atoms with Gasteiger partial charge in [0.25, 0.3) is 0 Å². The van der Waals surface area contributed by atoms with Gasteiger partial charge in [-0.3, -0.25) is 0 Å². The molecular weight excluding hydrogens is 349 g/mol. The van der Waals surface area contributed by atoms with Crippen LogP contribution >= 0.6 is 11.8 Å². The number of thioether (sulfide) groups is 1. The molecule has 1 aromatic heterocycles. The number of benzene rings is 2. The van der Waals surface area contributed by atoms with Gasteiger partial charge in [-0.15, -0.1) is 11.8 Å². The van der Waals surface area contributed by atoms with Crippen LogP contribution in [0.3, 0.4) is 0 Å². The first-order valence-corrected chi connectivity index (χ1v) is 9.55. The van der Waals surface area contributed by atoms with Crippen LogP contribution in [0.5, 0.6) is 0 Å². The zero-order valence-corrected chi connectivity index (χ0v) is 15.1. The first-order chi connectivity index (χ1) is 12.7. The van der Waals surface area contributed by atoms with Gasteiger partial charge in [-0.25, -0.2) is 4.39 Å². The molecule has 0 radical (unpaired) electrons. The number of rotatable bonds is 4. The van der Waals surface area contributed by atoms with Crippen molar-refractivity contribution in [2.75, 3.05) is 11.4 Å². The average Bonchev–Trinajstić information content (AvgIpc) is 3.03. The summed E-state index contributed by atoms with van der Waals surface area (Å²) in [6, 6.07) is 18.9. The molecule has 0 spiro atoms. The van der Waals surface area contributed by atoms with E-state index in [-0.39, 0.29) is 17.7 Å². The van der Waals surface area contributed by atoms with Gasteiger partial charge in [-0.05, 0) is 48.4 Å². The molecule has 1 N–H and O–H groups in total. The Kier molecular flexibility index (Phi) is 5.00. The third kappa shape index (κ3) is 3.64. The lowest BCUT2D eigenvalue weighted by Crippen LogP contribution is -2.23. The van der Waals surface area contributed by atoms with Crippen LogP contribution in [0.2, 0.25) is 0 Å². The predicted molar refractivity (Wildman–Crippen MR) is 102 cm³/mol. The summed E-state index contributed by atoms with van der Waals surface area (Å²) in [5.41, 5.74) is 2.19. The molecular formula is C21H20FNO2S. The molecule has 2 aromatic carbocycles. The van der Waals surface area contributed by atoms with Crippen LogP contribution in [0, 0.1) is 5.82 Å². The summed E-state index contributed by atoms with van der Waals surface area (Å²) >= 11 is 1.78. The summed E-state index contributed by atoms with van der Waals surface area (Å²) < 4.78 is 19.3. The number of hydrogen-bond donors (Lipinski definition) is 1. The molecule has 134 valence electrons. The van der Waals surface area contributed by atoms with E-state index in [1.807, 2.05) is 30.3 Å². The van der Waals surface area contributed by atoms with Crippen molar-refractivity contribution in [3.05, 3.63) is 83.6 Å². The smallest absolute Gasteiger partial charge is 0.129 e. The molecule has 1 aliphatic rings. The summed E-state index contributed by atoms with van der Waals surface area (Å²) in [6.45, 7) is 1.40. The summed E-state index contributed by atoms with van der Waals surface area (Å²) in [4.78, 5) is 3.48. The standard InChI is InChI=1S/C21H20FNO2S/c22-16-5-3-4-15(12-16)20-10-11-23(13-17-8-9-18(14-24)25-17)19-6-1-2-7-21(19)26-20/h1-9,12,20,24H,10-11,13-14H2/t20-/m0/s1. The Morgan fingerprint density at radius 2 is 1.92 bits per heavy atom. The number of halogens is 1. The molecule has 0 unspecified atom stereocenters. The lowest BCUT2D eigenvalue weighted by Gasteiger charge is -2.23. The Morgan fingerprint density at radius 3 is 2.73 bits per heavy atom. The molecule has 0 saturated carbocycles. The van der Waals surface area contributed by atoms with Crippen molar-refractivity contribution in [2.24, 2.45) is 0 Å². The van der Waals surface area contributed by atoms with Crippen LogP contribution in [0.1, 0.15) is 28.8 Å². The van der Waals surface area contributed by atoms with Crippen molar-refractivity contribution in [3.8, 4) is 0 Å². The SMILES string of the molecule is OCc1ccc(CN2CC[C@@H](c3cccc(F)c3)Sc3ccccc32)o1. The van der Waals surface area contributed by atoms with Crippen LogP contribution in [0.25, 0.3) is 0 Å². The van der Waals surface area contributed by atoms with Gasteiger partial charge in [0.2, 0.25) is 0 Å². The number of aliphatic hydroxyl groups excluding tert-OH is 1. The molecule has 2 heterocycles. The number of fused-ring (bicyclic) bond motifs is 1. The zero-order valence-electron chi connectivity index (χ0n) is 14.3. The summed E-state index contributed by atoms with van der Waals surface area (Å²) in [7, 11) is 0. The van der Waals surface area contributed by atoms with Crippen molar-refractivity contribution in [3.63, 3.8) is 0 Å². The molecule has 1 aliphatic heterocycles. The van der Waals surface area contributed by atoms with E-state index in [0.717, 1.165) is 24.3 Å². The monoisotopic (exact) mass is 369 g/mol. The summed E-state index contributed by atoms with van der Waals surface area (Å²) in [5.74, 6) is 1.22. The number of furan rings is 1. The topological polar surface area (TPSA) is 36.6 Å². The second-order valence-electron chi connectivity index (χ2n) is 6.37. The fraction of sp³-hybridized carbons (Fsp3) is 0.238. The van der Waals surface area contributed by atoms with Gasteiger partial charge in [0.1, 0.15) is 23.9 Å². The quantitative estimate of drug-likeness (QED) is 0.690. The summed E-state index contributed by atoms with van der Waals surface area (Å²) in [5, 5.41) is 9.41. The molecule has 1 atom stereocenters. The van der Waals surface area contributed by atoms with E-state index in [2.05, 4.69) is 17.0 Å². The maximum absolute atomic E-state index is 13.7. The van der Waals surface area contributed by atoms with Gasteiger partial charge in [-0.1, -0.05) is 24.3 Å². The Labute approximate surface area is 156 Å². The number of nitrogens with zero attached hydrogens (tertiary/aromatic N) is 1. The van der Waals surface area contributed by atoms with Gasteiger partial charge in [0, 0.05) is 16.7 Å². The van der Waals surface area contributed by atoms with Gasteiger partial charge in [0.05, 0.1) is 12.2 Å². The first-order valence-electron chi connectivity index (χ1n) is 8.67. The highest BCUT2D eigenvalue weighted by atomic mass is 32.2. The van der Waals surface area contributed by atoms with E-state index in [1.54, 1.807) is 23.9 Å². The fourth-order valence-corrected chi connectivity index (χ4v) is 4.60. The lowest BCUT2D eigenvalue weighted by molar-refractivity contribution is 0.243. The van der Waals surface area contributed by atoms with E-state index >= 15 is 0 Å². The maximum atomic E-state index is 13.7. The van der Waals surface area contributed by atoms with E-state index in [9.17, 15) is 9.50 Å². The molecule has 3 nitrogen and oxygen atoms in total. The molecule has 4 rings (SSSR count). The number of aliphatic hydroxyl groups is 1. The molecule has 3 aromatic rings. The van der Waals surface area contributed by atoms with Crippen LogP contribution in [0.15, 0.2) is 70.0 Å². The van der Waals surface area contributed by atoms with Crippen LogP contribution < -0.4 is 4.90 Å². The van der Waals surface area contributed by atoms with Gasteiger partial charge >= 0.3 is 0 Å². The van der Waals surface area contributed by atoms with Crippen LogP contribution in [-0.4, -0.2) is 11.7 Å². The highest BCUT2D eigenvalue weighted by Crippen LogP contribution is 2.45. The molecule has 26 heavy (non-hydrogen) atoms. The van der Waals surface area contributed by atoms with Gasteiger partial charge in [0.15, 0.2) is 0 Å². The largest absolute Gasteiger partial charge is 0.462 e. The van der Waals surface area contributed by atoms with Crippen molar-refractivity contribution < 1.29 is 13.9 Å². The van der Waals surface area contributed by atoms with E-state index < -0.39 is 0 Å². The van der Waals surface area contributed by atoms with E-state index in [4.69, 9.17) is 4.42 Å². The van der Waals surface area contributed by atoms with Gasteiger partial charge < -0.3 is 14.4 Å². The Morgan fingerprint density at radius 1 is 1.08 bits per heavy atom. The highest BCUT2D eigenvalue weighted by molar-refractivity contribution is 7.99. The van der Waals surface area contributed by atoms with Crippen molar-refractivity contribution in [1.82, 2.24) is 0 Å². The van der Waals surface area contributed by atoms with Crippen LogP contribution in [0.4, 0.5) is 10.1 Å². The molecule has 0 bridgehead atoms. The predicted octanol–water partition coefficient (Wildman–Crippen LogP) is 5.15. The van der Waals surface area contributed by atoms with E-state index in [1.165, 1.54) is 16.6 Å². The molecule has 0 saturated heterocycles. The normalized spacial score (nSPS) is 17.0. The second kappa shape index (κ2) is 7.56. The van der Waals surface area contributed by atoms with Crippen molar-refractivity contribution >= 4 is 17.4 Å². The maximum Gasteiger partial charge on any atom is 0.129 e. The number of hydrogen-bond acceptors (Lipinski definition) is 4. The minimum atomic E-state index is -0.190. The first kappa shape index (κ1) is 17.2. The average molecular weight is 369 g/mol. The molecule has 0 aliphatic carbocycles. The third-order valence-corrected chi connectivity index (χ3v) is 5.97. The van der Waals surface area contributed by atoms with Crippen molar-refractivity contribution in [1.29, 1.82) is 0 Å². The zero-order chi connectivity index (χ0) is 17.9. The van der Waals surface area contributed by atoms with Crippen molar-refractivity contribution in [2.45, 2.75) is 29.7 Å². The number of anilines is 1. The molecule has 0 amide bonds. The minimum absolute atomic E-state index is 0.0892. The second-order valence-corrected chi connectivity index (χ2v) is 7.61. The Balaban J connectivity index is 1.61. The highest BCUT2D eigenvalue weighted by Gasteiger charge is 2.24. The fourth-order valence-electron chi connectivity index (χ4n) is 3.31. The van der Waals surface area contributed by atoms with E-state index in [0.29, 0.717) is 12.3 Å². The minimum Gasteiger partial charge on any atom is -0.462 e. The molecule has 5 heteroatoms. The summed E-state index contributed by atoms with van der Waals surface area (Å²) in [6.07, 6.45) is 0.913. The number of para-hydroxylation sites is 1. The Hall–Kier alpha value is -2.24. The Bertz CT molecular complexity index is 895. The van der Waals surface area contributed by atoms with Gasteiger partial charge in [-0.2, -0.15) is 0 Å². The third-order valence-electron chi connectivity index (χ3n) is 4.58. The molecule has 0 fully saturated rings. The lowest BCUT2D eigenvalue weighted by atomic mass is 10.1.